The number of rotatable bonds is 2. The van der Waals surface area contributed by atoms with E-state index < -0.39 is 0 Å². The van der Waals surface area contributed by atoms with Gasteiger partial charge in [-0.3, -0.25) is 0 Å². The standard InChI is InChI=1S/C14H14O/c1-12-6-5-9-14(11-10-12)15-13-7-3-2-4-8-13/h2-4,6-11H,5H2,1H3. The molecule has 0 aromatic heterocycles. The summed E-state index contributed by atoms with van der Waals surface area (Å²) < 4.78 is 5.72. The van der Waals surface area contributed by atoms with Gasteiger partial charge in [-0.2, -0.15) is 0 Å². The highest BCUT2D eigenvalue weighted by molar-refractivity contribution is 5.32. The Bertz CT molecular complexity index is 410. The Hall–Kier alpha value is -1.76. The Kier molecular flexibility index (Phi) is 3.03. The van der Waals surface area contributed by atoms with Crippen LogP contribution in [0.25, 0.3) is 0 Å². The fourth-order valence-corrected chi connectivity index (χ4v) is 1.41. The SMILES string of the molecule is CC1=CCC=C(Oc2ccccc2)C=C1. The summed E-state index contributed by atoms with van der Waals surface area (Å²) in [4.78, 5) is 0. The maximum absolute atomic E-state index is 5.72. The molecular formula is C14H14O. The van der Waals surface area contributed by atoms with Crippen LogP contribution in [0.15, 0.2) is 66.0 Å². The zero-order valence-electron chi connectivity index (χ0n) is 8.81. The Labute approximate surface area is 90.4 Å². The maximum Gasteiger partial charge on any atom is 0.127 e. The molecule has 15 heavy (non-hydrogen) atoms. The summed E-state index contributed by atoms with van der Waals surface area (Å²) in [6.45, 7) is 2.09. The van der Waals surface area contributed by atoms with E-state index in [-0.39, 0.29) is 0 Å². The van der Waals surface area contributed by atoms with E-state index >= 15 is 0 Å². The topological polar surface area (TPSA) is 9.23 Å². The molecule has 0 aliphatic heterocycles. The van der Waals surface area contributed by atoms with Gasteiger partial charge < -0.3 is 4.74 Å². The van der Waals surface area contributed by atoms with Gasteiger partial charge in [0.25, 0.3) is 0 Å². The summed E-state index contributed by atoms with van der Waals surface area (Å²) in [6, 6.07) is 9.84. The minimum Gasteiger partial charge on any atom is -0.458 e. The quantitative estimate of drug-likeness (QED) is 0.701. The zero-order valence-corrected chi connectivity index (χ0v) is 8.81. The highest BCUT2D eigenvalue weighted by Gasteiger charge is 1.98. The first-order valence-corrected chi connectivity index (χ1v) is 5.12. The van der Waals surface area contributed by atoms with Crippen molar-refractivity contribution >= 4 is 0 Å². The van der Waals surface area contributed by atoms with E-state index in [9.17, 15) is 0 Å². The fourth-order valence-electron chi connectivity index (χ4n) is 1.41. The Balaban J connectivity index is 2.08. The van der Waals surface area contributed by atoms with E-state index in [2.05, 4.69) is 25.2 Å². The summed E-state index contributed by atoms with van der Waals surface area (Å²) in [6.07, 6.45) is 9.27. The van der Waals surface area contributed by atoms with Crippen LogP contribution in [0, 0.1) is 0 Å². The van der Waals surface area contributed by atoms with Crippen molar-refractivity contribution in [2.24, 2.45) is 0 Å². The van der Waals surface area contributed by atoms with Crippen LogP contribution in [0.3, 0.4) is 0 Å². The molecule has 1 aromatic rings. The van der Waals surface area contributed by atoms with Crippen LogP contribution in [0.4, 0.5) is 0 Å². The third-order valence-electron chi connectivity index (χ3n) is 2.25. The molecule has 1 aliphatic carbocycles. The number of allylic oxidation sites excluding steroid dienone is 5. The number of hydrogen-bond donors (Lipinski definition) is 0. The number of hydrogen-bond acceptors (Lipinski definition) is 1. The normalized spacial score (nSPS) is 15.3. The average molecular weight is 198 g/mol. The van der Waals surface area contributed by atoms with Crippen LogP contribution in [0.1, 0.15) is 13.3 Å². The summed E-state index contributed by atoms with van der Waals surface area (Å²) in [5.74, 6) is 1.79. The minimum absolute atomic E-state index is 0.882. The molecule has 0 heterocycles. The highest BCUT2D eigenvalue weighted by atomic mass is 16.5. The molecule has 0 atom stereocenters. The zero-order chi connectivity index (χ0) is 10.5. The molecule has 0 saturated heterocycles. The smallest absolute Gasteiger partial charge is 0.127 e. The van der Waals surface area contributed by atoms with Crippen LogP contribution in [0.5, 0.6) is 5.75 Å². The molecule has 0 fully saturated rings. The first kappa shape index (κ1) is 9.78. The van der Waals surface area contributed by atoms with Gasteiger partial charge in [0, 0.05) is 0 Å². The third-order valence-corrected chi connectivity index (χ3v) is 2.25. The first-order chi connectivity index (χ1) is 7.34. The molecule has 0 amide bonds. The lowest BCUT2D eigenvalue weighted by atomic mass is 10.2. The van der Waals surface area contributed by atoms with Crippen LogP contribution in [-0.4, -0.2) is 0 Å². The van der Waals surface area contributed by atoms with Crippen molar-refractivity contribution in [3.63, 3.8) is 0 Å². The third kappa shape index (κ3) is 2.84. The molecule has 0 radical (unpaired) electrons. The lowest BCUT2D eigenvalue weighted by Gasteiger charge is -2.04. The second-order valence-electron chi connectivity index (χ2n) is 3.54. The second kappa shape index (κ2) is 4.65. The van der Waals surface area contributed by atoms with E-state index in [0.717, 1.165) is 17.9 Å². The van der Waals surface area contributed by atoms with Crippen molar-refractivity contribution in [2.75, 3.05) is 0 Å². The Morgan fingerprint density at radius 1 is 1.00 bits per heavy atom. The van der Waals surface area contributed by atoms with Crippen LogP contribution < -0.4 is 4.74 Å². The van der Waals surface area contributed by atoms with E-state index in [0.29, 0.717) is 0 Å². The maximum atomic E-state index is 5.72. The molecule has 76 valence electrons. The molecule has 1 heteroatoms. The van der Waals surface area contributed by atoms with Gasteiger partial charge in [0.05, 0.1) is 0 Å². The average Bonchev–Trinajstić information content (AvgIpc) is 2.46. The van der Waals surface area contributed by atoms with Crippen molar-refractivity contribution < 1.29 is 4.74 Å². The van der Waals surface area contributed by atoms with Gasteiger partial charge in [-0.1, -0.05) is 35.9 Å². The van der Waals surface area contributed by atoms with Crippen molar-refractivity contribution in [1.82, 2.24) is 0 Å². The molecule has 1 nitrogen and oxygen atoms in total. The van der Waals surface area contributed by atoms with E-state index in [4.69, 9.17) is 4.74 Å². The molecular weight excluding hydrogens is 184 g/mol. The number of ether oxygens (including phenoxy) is 1. The summed E-state index contributed by atoms with van der Waals surface area (Å²) in [5, 5.41) is 0. The predicted octanol–water partition coefficient (Wildman–Crippen LogP) is 3.86. The highest BCUT2D eigenvalue weighted by Crippen LogP contribution is 2.16. The van der Waals surface area contributed by atoms with Gasteiger partial charge in [0.15, 0.2) is 0 Å². The van der Waals surface area contributed by atoms with Gasteiger partial charge in [-0.25, -0.2) is 0 Å². The lowest BCUT2D eigenvalue weighted by Crippen LogP contribution is -1.91. The van der Waals surface area contributed by atoms with Gasteiger partial charge in [-0.05, 0) is 37.6 Å². The van der Waals surface area contributed by atoms with Crippen molar-refractivity contribution in [1.29, 1.82) is 0 Å². The Morgan fingerprint density at radius 3 is 2.60 bits per heavy atom. The monoisotopic (exact) mass is 198 g/mol. The van der Waals surface area contributed by atoms with Gasteiger partial charge in [-0.15, -0.1) is 0 Å². The predicted molar refractivity (Wildman–Crippen MR) is 62.7 cm³/mol. The van der Waals surface area contributed by atoms with E-state index in [1.165, 1.54) is 5.57 Å². The molecule has 1 aliphatic rings. The summed E-state index contributed by atoms with van der Waals surface area (Å²) in [7, 11) is 0. The van der Waals surface area contributed by atoms with Gasteiger partial charge in [0.2, 0.25) is 0 Å². The van der Waals surface area contributed by atoms with Crippen LogP contribution in [0.2, 0.25) is 0 Å². The van der Waals surface area contributed by atoms with Crippen molar-refractivity contribution in [3.8, 4) is 5.75 Å². The van der Waals surface area contributed by atoms with Gasteiger partial charge in [0.1, 0.15) is 11.5 Å². The number of para-hydroxylation sites is 1. The number of benzene rings is 1. The first-order valence-electron chi connectivity index (χ1n) is 5.12. The molecule has 0 bridgehead atoms. The van der Waals surface area contributed by atoms with Crippen molar-refractivity contribution in [3.05, 3.63) is 66.0 Å². The van der Waals surface area contributed by atoms with Crippen LogP contribution in [-0.2, 0) is 0 Å². The summed E-state index contributed by atoms with van der Waals surface area (Å²) >= 11 is 0. The second-order valence-corrected chi connectivity index (χ2v) is 3.54. The minimum atomic E-state index is 0.882. The fraction of sp³-hybridized carbons (Fsp3) is 0.143. The lowest BCUT2D eigenvalue weighted by molar-refractivity contribution is 0.443. The largest absolute Gasteiger partial charge is 0.458 e. The van der Waals surface area contributed by atoms with Crippen molar-refractivity contribution in [2.45, 2.75) is 13.3 Å². The molecule has 2 rings (SSSR count). The van der Waals surface area contributed by atoms with Gasteiger partial charge >= 0.3 is 0 Å². The molecule has 0 unspecified atom stereocenters. The Morgan fingerprint density at radius 2 is 1.80 bits per heavy atom. The summed E-state index contributed by atoms with van der Waals surface area (Å²) in [5.41, 5.74) is 1.28. The molecule has 0 spiro atoms. The van der Waals surface area contributed by atoms with E-state index in [1.54, 1.807) is 0 Å². The van der Waals surface area contributed by atoms with Crippen LogP contribution >= 0.6 is 0 Å². The molecule has 1 aromatic carbocycles. The molecule has 0 saturated carbocycles. The van der Waals surface area contributed by atoms with E-state index in [1.807, 2.05) is 36.4 Å². The molecule has 0 N–H and O–H groups in total.